The van der Waals surface area contributed by atoms with E-state index in [0.29, 0.717) is 18.9 Å². The fourth-order valence-electron chi connectivity index (χ4n) is 2.04. The van der Waals surface area contributed by atoms with Crippen LogP contribution in [0.15, 0.2) is 0 Å². The van der Waals surface area contributed by atoms with E-state index in [4.69, 9.17) is 0 Å². The molecule has 2 amide bonds. The van der Waals surface area contributed by atoms with Crippen LogP contribution >= 0.6 is 0 Å². The third-order valence-electron chi connectivity index (χ3n) is 3.49. The minimum absolute atomic E-state index is 0.00270. The van der Waals surface area contributed by atoms with E-state index >= 15 is 0 Å². The van der Waals surface area contributed by atoms with Crippen molar-refractivity contribution in [1.29, 1.82) is 0 Å². The summed E-state index contributed by atoms with van der Waals surface area (Å²) in [6, 6.07) is 0.104. The summed E-state index contributed by atoms with van der Waals surface area (Å²) in [4.78, 5) is 23.3. The van der Waals surface area contributed by atoms with Gasteiger partial charge in [0.1, 0.15) is 0 Å². The van der Waals surface area contributed by atoms with E-state index < -0.39 is 0 Å². The van der Waals surface area contributed by atoms with Crippen LogP contribution in [0.25, 0.3) is 0 Å². The Bertz CT molecular complexity index is 294. The Kier molecular flexibility index (Phi) is 6.12. The van der Waals surface area contributed by atoms with Crippen molar-refractivity contribution in [2.75, 3.05) is 13.1 Å². The number of amides is 2. The average molecular weight is 255 g/mol. The number of hydrogen-bond donors (Lipinski definition) is 3. The molecule has 1 rings (SSSR count). The molecule has 5 heteroatoms. The van der Waals surface area contributed by atoms with E-state index in [0.717, 1.165) is 19.4 Å². The summed E-state index contributed by atoms with van der Waals surface area (Å²) in [5.41, 5.74) is 0. The Morgan fingerprint density at radius 1 is 1.44 bits per heavy atom. The van der Waals surface area contributed by atoms with Gasteiger partial charge in [0.25, 0.3) is 0 Å². The molecule has 0 saturated carbocycles. The first-order valence-corrected chi connectivity index (χ1v) is 6.85. The number of hydrogen-bond acceptors (Lipinski definition) is 3. The van der Waals surface area contributed by atoms with Crippen LogP contribution in [-0.2, 0) is 9.59 Å². The van der Waals surface area contributed by atoms with Crippen LogP contribution in [0.4, 0.5) is 0 Å². The summed E-state index contributed by atoms with van der Waals surface area (Å²) in [6.45, 7) is 7.38. The van der Waals surface area contributed by atoms with Crippen LogP contribution < -0.4 is 16.0 Å². The Hall–Kier alpha value is -1.10. The molecule has 3 unspecified atom stereocenters. The molecule has 1 aliphatic heterocycles. The zero-order valence-corrected chi connectivity index (χ0v) is 11.6. The standard InChI is InChI=1S/C13H25N3O2/c1-4-10(3)16-11(17)6-8-15-13(18)12-9(2)5-7-14-12/h9-10,12,14H,4-8H2,1-3H3,(H,15,18)(H,16,17). The van der Waals surface area contributed by atoms with Gasteiger partial charge in [0.05, 0.1) is 6.04 Å². The van der Waals surface area contributed by atoms with Gasteiger partial charge in [0.15, 0.2) is 0 Å². The van der Waals surface area contributed by atoms with Gasteiger partial charge in [0.2, 0.25) is 11.8 Å². The maximum Gasteiger partial charge on any atom is 0.237 e. The maximum absolute atomic E-state index is 11.8. The van der Waals surface area contributed by atoms with Crippen molar-refractivity contribution < 1.29 is 9.59 Å². The highest BCUT2D eigenvalue weighted by Crippen LogP contribution is 2.13. The summed E-state index contributed by atoms with van der Waals surface area (Å²) in [7, 11) is 0. The van der Waals surface area contributed by atoms with Crippen molar-refractivity contribution in [3.05, 3.63) is 0 Å². The minimum Gasteiger partial charge on any atom is -0.354 e. The van der Waals surface area contributed by atoms with Crippen LogP contribution in [-0.4, -0.2) is 37.0 Å². The van der Waals surface area contributed by atoms with E-state index in [-0.39, 0.29) is 23.9 Å². The Balaban J connectivity index is 2.17. The molecule has 0 bridgehead atoms. The van der Waals surface area contributed by atoms with Gasteiger partial charge in [0, 0.05) is 19.0 Å². The molecular weight excluding hydrogens is 230 g/mol. The molecule has 5 nitrogen and oxygen atoms in total. The highest BCUT2D eigenvalue weighted by Gasteiger charge is 2.28. The zero-order valence-electron chi connectivity index (χ0n) is 11.6. The van der Waals surface area contributed by atoms with Gasteiger partial charge < -0.3 is 16.0 Å². The van der Waals surface area contributed by atoms with Crippen LogP contribution in [0.5, 0.6) is 0 Å². The Labute approximate surface area is 109 Å². The second-order valence-corrected chi connectivity index (χ2v) is 5.12. The molecule has 1 heterocycles. The second-order valence-electron chi connectivity index (χ2n) is 5.12. The summed E-state index contributed by atoms with van der Waals surface area (Å²) in [5, 5.41) is 8.86. The van der Waals surface area contributed by atoms with Crippen LogP contribution in [0, 0.1) is 5.92 Å². The lowest BCUT2D eigenvalue weighted by Crippen LogP contribution is -2.44. The fraction of sp³-hybridized carbons (Fsp3) is 0.846. The summed E-state index contributed by atoms with van der Waals surface area (Å²) < 4.78 is 0. The molecule has 3 N–H and O–H groups in total. The molecule has 1 fully saturated rings. The summed E-state index contributed by atoms with van der Waals surface area (Å²) in [5.74, 6) is 0.382. The van der Waals surface area contributed by atoms with Gasteiger partial charge in [-0.15, -0.1) is 0 Å². The van der Waals surface area contributed by atoms with E-state index in [1.54, 1.807) is 0 Å². The lowest BCUT2D eigenvalue weighted by atomic mass is 10.0. The number of carbonyl (C=O) groups excluding carboxylic acids is 2. The van der Waals surface area contributed by atoms with Gasteiger partial charge in [-0.2, -0.15) is 0 Å². The van der Waals surface area contributed by atoms with Crippen molar-refractivity contribution in [2.45, 2.75) is 52.1 Å². The molecule has 0 radical (unpaired) electrons. The monoisotopic (exact) mass is 255 g/mol. The average Bonchev–Trinajstić information content (AvgIpc) is 2.75. The molecule has 0 aromatic carbocycles. The highest BCUT2D eigenvalue weighted by atomic mass is 16.2. The topological polar surface area (TPSA) is 70.2 Å². The maximum atomic E-state index is 11.8. The van der Waals surface area contributed by atoms with Gasteiger partial charge in [-0.1, -0.05) is 13.8 Å². The minimum atomic E-state index is -0.0948. The lowest BCUT2D eigenvalue weighted by Gasteiger charge is -2.16. The summed E-state index contributed by atoms with van der Waals surface area (Å²) in [6.07, 6.45) is 2.30. The predicted molar refractivity (Wildman–Crippen MR) is 71.1 cm³/mol. The quantitative estimate of drug-likeness (QED) is 0.643. The molecule has 104 valence electrons. The molecule has 1 saturated heterocycles. The lowest BCUT2D eigenvalue weighted by molar-refractivity contribution is -0.124. The van der Waals surface area contributed by atoms with Gasteiger partial charge in [-0.05, 0) is 32.2 Å². The Morgan fingerprint density at radius 2 is 2.17 bits per heavy atom. The molecule has 0 aliphatic carbocycles. The van der Waals surface area contributed by atoms with Crippen molar-refractivity contribution >= 4 is 11.8 Å². The van der Waals surface area contributed by atoms with Crippen molar-refractivity contribution in [1.82, 2.24) is 16.0 Å². The largest absolute Gasteiger partial charge is 0.354 e. The number of nitrogens with one attached hydrogen (secondary N) is 3. The van der Waals surface area contributed by atoms with Gasteiger partial charge >= 0.3 is 0 Å². The molecule has 0 aromatic heterocycles. The SMILES string of the molecule is CCC(C)NC(=O)CCNC(=O)C1NCCC1C. The molecule has 18 heavy (non-hydrogen) atoms. The first kappa shape index (κ1) is 15.0. The van der Waals surface area contributed by atoms with E-state index in [2.05, 4.69) is 22.9 Å². The first-order valence-electron chi connectivity index (χ1n) is 6.85. The molecule has 1 aliphatic rings. The van der Waals surface area contributed by atoms with Crippen molar-refractivity contribution in [3.63, 3.8) is 0 Å². The zero-order chi connectivity index (χ0) is 13.5. The van der Waals surface area contributed by atoms with Crippen molar-refractivity contribution in [2.24, 2.45) is 5.92 Å². The summed E-state index contributed by atoms with van der Waals surface area (Å²) >= 11 is 0. The first-order chi connectivity index (χ1) is 8.54. The number of rotatable bonds is 6. The molecule has 0 spiro atoms. The van der Waals surface area contributed by atoms with Crippen LogP contribution in [0.2, 0.25) is 0 Å². The smallest absolute Gasteiger partial charge is 0.237 e. The van der Waals surface area contributed by atoms with E-state index in [1.807, 2.05) is 13.8 Å². The second kappa shape index (κ2) is 7.36. The third-order valence-corrected chi connectivity index (χ3v) is 3.49. The number of carbonyl (C=O) groups is 2. The molecule has 0 aromatic rings. The Morgan fingerprint density at radius 3 is 2.72 bits per heavy atom. The van der Waals surface area contributed by atoms with E-state index in [1.165, 1.54) is 0 Å². The van der Waals surface area contributed by atoms with E-state index in [9.17, 15) is 9.59 Å². The van der Waals surface area contributed by atoms with Crippen LogP contribution in [0.1, 0.15) is 40.0 Å². The highest BCUT2D eigenvalue weighted by molar-refractivity contribution is 5.83. The third kappa shape index (κ3) is 4.64. The fourth-order valence-corrected chi connectivity index (χ4v) is 2.04. The van der Waals surface area contributed by atoms with Crippen molar-refractivity contribution in [3.8, 4) is 0 Å². The molecular formula is C13H25N3O2. The van der Waals surface area contributed by atoms with Gasteiger partial charge in [-0.3, -0.25) is 9.59 Å². The molecule has 3 atom stereocenters. The predicted octanol–water partition coefficient (Wildman–Crippen LogP) is 0.405. The van der Waals surface area contributed by atoms with Gasteiger partial charge in [-0.25, -0.2) is 0 Å². The normalized spacial score (nSPS) is 24.6. The van der Waals surface area contributed by atoms with Crippen LogP contribution in [0.3, 0.4) is 0 Å².